The maximum atomic E-state index is 5.22. The maximum absolute atomic E-state index is 5.22. The van der Waals surface area contributed by atoms with Crippen LogP contribution in [0.3, 0.4) is 0 Å². The Morgan fingerprint density at radius 1 is 1.40 bits per heavy atom. The summed E-state index contributed by atoms with van der Waals surface area (Å²) >= 11 is 0. The normalized spacial score (nSPS) is 21.3. The molecule has 1 radical (unpaired) electrons. The number of rotatable bonds is 3. The van der Waals surface area contributed by atoms with Crippen LogP contribution in [0.2, 0.25) is 0 Å². The van der Waals surface area contributed by atoms with Crippen LogP contribution >= 0.6 is 0 Å². The summed E-state index contributed by atoms with van der Waals surface area (Å²) in [5, 5.41) is 0. The first-order valence-corrected chi connectivity index (χ1v) is 4.08. The zero-order valence-electron chi connectivity index (χ0n) is 6.68. The van der Waals surface area contributed by atoms with E-state index in [0.29, 0.717) is 0 Å². The van der Waals surface area contributed by atoms with Crippen LogP contribution < -0.4 is 0 Å². The van der Waals surface area contributed by atoms with Crippen molar-refractivity contribution < 1.29 is 4.74 Å². The molecule has 1 aliphatic heterocycles. The van der Waals surface area contributed by atoms with Crippen LogP contribution in [0.15, 0.2) is 0 Å². The molecule has 0 aromatic heterocycles. The molecule has 10 heavy (non-hydrogen) atoms. The standard InChI is InChI=1S/C8H16NO/c1-2-3-4-9-5-7-10-8-6-9/h4H,2-3,5-8H2,1H3. The third kappa shape index (κ3) is 2.67. The van der Waals surface area contributed by atoms with E-state index in [1.165, 1.54) is 12.8 Å². The molecule has 0 unspecified atom stereocenters. The Bertz CT molecular complexity index is 79.3. The van der Waals surface area contributed by atoms with Gasteiger partial charge in [-0.3, -0.25) is 4.90 Å². The molecule has 2 nitrogen and oxygen atoms in total. The predicted octanol–water partition coefficient (Wildman–Crippen LogP) is 1.28. The molecule has 0 aromatic carbocycles. The third-order valence-electron chi connectivity index (χ3n) is 1.72. The molecule has 1 heterocycles. The molecule has 59 valence electrons. The molecule has 0 atom stereocenters. The summed E-state index contributed by atoms with van der Waals surface area (Å²) in [5.41, 5.74) is 0. The smallest absolute Gasteiger partial charge is 0.0594 e. The van der Waals surface area contributed by atoms with Gasteiger partial charge in [-0.25, -0.2) is 0 Å². The van der Waals surface area contributed by atoms with Gasteiger partial charge in [-0.2, -0.15) is 0 Å². The summed E-state index contributed by atoms with van der Waals surface area (Å²) in [4.78, 5) is 2.35. The Balaban J connectivity index is 2.02. The van der Waals surface area contributed by atoms with E-state index in [9.17, 15) is 0 Å². The molecule has 0 bridgehead atoms. The Morgan fingerprint density at radius 3 is 2.70 bits per heavy atom. The maximum Gasteiger partial charge on any atom is 0.0594 e. The Kier molecular flexibility index (Phi) is 3.76. The number of nitrogens with zero attached hydrogens (tertiary/aromatic N) is 1. The van der Waals surface area contributed by atoms with Crippen LogP contribution in [0.25, 0.3) is 0 Å². The first-order chi connectivity index (χ1) is 4.93. The Morgan fingerprint density at radius 2 is 2.10 bits per heavy atom. The van der Waals surface area contributed by atoms with Crippen molar-refractivity contribution in [2.24, 2.45) is 0 Å². The summed E-state index contributed by atoms with van der Waals surface area (Å²) in [6, 6.07) is 0. The molecule has 0 amide bonds. The van der Waals surface area contributed by atoms with Gasteiger partial charge in [0, 0.05) is 19.6 Å². The van der Waals surface area contributed by atoms with E-state index in [0.717, 1.165) is 26.3 Å². The lowest BCUT2D eigenvalue weighted by Crippen LogP contribution is -2.34. The average molecular weight is 142 g/mol. The molecule has 0 aliphatic carbocycles. The van der Waals surface area contributed by atoms with E-state index in [-0.39, 0.29) is 0 Å². The van der Waals surface area contributed by atoms with E-state index in [1.807, 2.05) is 0 Å². The molecule has 1 aliphatic rings. The van der Waals surface area contributed by atoms with Gasteiger partial charge in [0.2, 0.25) is 0 Å². The Hall–Kier alpha value is -0.0800. The average Bonchev–Trinajstić information content (AvgIpc) is 2.03. The molecule has 1 saturated heterocycles. The van der Waals surface area contributed by atoms with Crippen LogP contribution in [-0.4, -0.2) is 31.2 Å². The highest BCUT2D eigenvalue weighted by molar-refractivity contribution is 4.70. The highest BCUT2D eigenvalue weighted by Gasteiger charge is 2.08. The number of hydrogen-bond acceptors (Lipinski definition) is 2. The van der Waals surface area contributed by atoms with E-state index in [1.54, 1.807) is 0 Å². The molecule has 0 spiro atoms. The van der Waals surface area contributed by atoms with Gasteiger partial charge in [-0.15, -0.1) is 0 Å². The lowest BCUT2D eigenvalue weighted by atomic mass is 10.3. The third-order valence-corrected chi connectivity index (χ3v) is 1.72. The van der Waals surface area contributed by atoms with Gasteiger partial charge < -0.3 is 4.74 Å². The molecular formula is C8H16NO. The zero-order chi connectivity index (χ0) is 7.23. The van der Waals surface area contributed by atoms with Crippen LogP contribution in [-0.2, 0) is 4.74 Å². The van der Waals surface area contributed by atoms with Gasteiger partial charge in [0.25, 0.3) is 0 Å². The fourth-order valence-electron chi connectivity index (χ4n) is 1.07. The molecule has 1 fully saturated rings. The van der Waals surface area contributed by atoms with E-state index >= 15 is 0 Å². The van der Waals surface area contributed by atoms with Gasteiger partial charge in [-0.1, -0.05) is 13.3 Å². The van der Waals surface area contributed by atoms with Crippen molar-refractivity contribution in [2.75, 3.05) is 26.3 Å². The summed E-state index contributed by atoms with van der Waals surface area (Å²) in [7, 11) is 0. The molecule has 0 saturated carbocycles. The predicted molar refractivity (Wildman–Crippen MR) is 41.6 cm³/mol. The van der Waals surface area contributed by atoms with Crippen molar-refractivity contribution in [3.63, 3.8) is 0 Å². The van der Waals surface area contributed by atoms with Gasteiger partial charge in [0.05, 0.1) is 13.2 Å². The van der Waals surface area contributed by atoms with Gasteiger partial charge in [0.15, 0.2) is 0 Å². The monoisotopic (exact) mass is 142 g/mol. The van der Waals surface area contributed by atoms with Gasteiger partial charge in [-0.05, 0) is 6.42 Å². The highest BCUT2D eigenvalue weighted by atomic mass is 16.5. The summed E-state index contributed by atoms with van der Waals surface area (Å²) in [5.74, 6) is 0. The number of unbranched alkanes of at least 4 members (excludes halogenated alkanes) is 1. The zero-order valence-corrected chi connectivity index (χ0v) is 6.68. The van der Waals surface area contributed by atoms with Crippen LogP contribution in [0.5, 0.6) is 0 Å². The lowest BCUT2D eigenvalue weighted by molar-refractivity contribution is 0.0499. The molecule has 2 heteroatoms. The molecule has 1 rings (SSSR count). The number of morpholine rings is 1. The van der Waals surface area contributed by atoms with Crippen LogP contribution in [0.4, 0.5) is 0 Å². The van der Waals surface area contributed by atoms with E-state index < -0.39 is 0 Å². The second-order valence-corrected chi connectivity index (χ2v) is 2.62. The fraction of sp³-hybridized carbons (Fsp3) is 0.875. The van der Waals surface area contributed by atoms with Gasteiger partial charge in [0.1, 0.15) is 0 Å². The van der Waals surface area contributed by atoms with Crippen LogP contribution in [0.1, 0.15) is 19.8 Å². The number of ether oxygens (including phenoxy) is 1. The second kappa shape index (κ2) is 4.69. The van der Waals surface area contributed by atoms with Crippen molar-refractivity contribution >= 4 is 0 Å². The minimum atomic E-state index is 0.903. The van der Waals surface area contributed by atoms with Crippen molar-refractivity contribution in [1.82, 2.24) is 4.90 Å². The topological polar surface area (TPSA) is 12.5 Å². The summed E-state index contributed by atoms with van der Waals surface area (Å²) in [6.07, 6.45) is 2.46. The quantitative estimate of drug-likeness (QED) is 0.588. The molecular weight excluding hydrogens is 126 g/mol. The lowest BCUT2D eigenvalue weighted by Gasteiger charge is -2.25. The second-order valence-electron chi connectivity index (χ2n) is 2.62. The largest absolute Gasteiger partial charge is 0.379 e. The number of hydrogen-bond donors (Lipinski definition) is 0. The minimum absolute atomic E-state index is 0.903. The first kappa shape index (κ1) is 8.02. The van der Waals surface area contributed by atoms with E-state index in [2.05, 4.69) is 18.4 Å². The first-order valence-electron chi connectivity index (χ1n) is 4.08. The van der Waals surface area contributed by atoms with Crippen molar-refractivity contribution in [3.8, 4) is 0 Å². The van der Waals surface area contributed by atoms with Crippen molar-refractivity contribution in [2.45, 2.75) is 19.8 Å². The SMILES string of the molecule is CCC[CH]N1CCOCC1. The Labute approximate surface area is 63.2 Å². The highest BCUT2D eigenvalue weighted by Crippen LogP contribution is 2.03. The van der Waals surface area contributed by atoms with E-state index in [4.69, 9.17) is 4.74 Å². The van der Waals surface area contributed by atoms with Gasteiger partial charge >= 0.3 is 0 Å². The minimum Gasteiger partial charge on any atom is -0.379 e. The van der Waals surface area contributed by atoms with Crippen LogP contribution in [0, 0.1) is 6.54 Å². The fourth-order valence-corrected chi connectivity index (χ4v) is 1.07. The molecule has 0 aromatic rings. The van der Waals surface area contributed by atoms with Crippen molar-refractivity contribution in [3.05, 3.63) is 6.54 Å². The summed E-state index contributed by atoms with van der Waals surface area (Å²) in [6.45, 7) is 8.47. The summed E-state index contributed by atoms with van der Waals surface area (Å²) < 4.78 is 5.22. The molecule has 0 N–H and O–H groups in total. The van der Waals surface area contributed by atoms with Crippen molar-refractivity contribution in [1.29, 1.82) is 0 Å².